The van der Waals surface area contributed by atoms with Gasteiger partial charge in [0.05, 0.1) is 30.9 Å². The quantitative estimate of drug-likeness (QED) is 0.232. The van der Waals surface area contributed by atoms with Crippen LogP contribution in [0.25, 0.3) is 17.0 Å². The predicted molar refractivity (Wildman–Crippen MR) is 156 cm³/mol. The maximum atomic E-state index is 12.8. The summed E-state index contributed by atoms with van der Waals surface area (Å²) in [6.07, 6.45) is 3.91. The minimum absolute atomic E-state index is 0.0774. The zero-order valence-electron chi connectivity index (χ0n) is 21.7. The number of nitrogens with zero attached hydrogens (tertiary/aromatic N) is 2. The highest BCUT2D eigenvalue weighted by atomic mass is 32.2. The Balaban J connectivity index is 1.44. The van der Waals surface area contributed by atoms with Gasteiger partial charge in [0.1, 0.15) is 34.5 Å². The van der Waals surface area contributed by atoms with Crippen molar-refractivity contribution in [2.75, 3.05) is 20.3 Å². The van der Waals surface area contributed by atoms with Crippen LogP contribution in [-0.2, 0) is 16.1 Å². The van der Waals surface area contributed by atoms with E-state index < -0.39 is 5.97 Å². The molecule has 198 valence electrons. The molecule has 0 radical (unpaired) electrons. The fraction of sp³-hybridized carbons (Fsp3) is 0.161. The van der Waals surface area contributed by atoms with Gasteiger partial charge in [-0.1, -0.05) is 48.2 Å². The molecule has 0 saturated carbocycles. The van der Waals surface area contributed by atoms with Crippen LogP contribution < -0.4 is 9.47 Å². The number of hydrogen-bond donors (Lipinski definition) is 1. The summed E-state index contributed by atoms with van der Waals surface area (Å²) in [6.45, 7) is 3.03. The van der Waals surface area contributed by atoms with Gasteiger partial charge in [0.15, 0.2) is 0 Å². The van der Waals surface area contributed by atoms with Gasteiger partial charge >= 0.3 is 5.97 Å². The van der Waals surface area contributed by atoms with Gasteiger partial charge in [-0.15, -0.1) is 0 Å². The van der Waals surface area contributed by atoms with Crippen molar-refractivity contribution in [3.05, 3.63) is 107 Å². The summed E-state index contributed by atoms with van der Waals surface area (Å²) < 4.78 is 18.5. The zero-order chi connectivity index (χ0) is 27.2. The summed E-state index contributed by atoms with van der Waals surface area (Å²) in [7, 11) is 1.63. The standard InChI is InChI=1S/C31H28N2O5S/c1-3-37-31(35)28-29(34)27(39-30(28)32-22-9-5-4-6-10-22)19-21-20-33(26-12-8-7-11-25(21)26)17-18-38-24-15-13-23(36-2)14-16-24/h4-16,19-20,34H,3,17-18H2,1-2H3/b27-19-,32-30?. The SMILES string of the molecule is CCOC(=O)C1=C(O)/C(=C/c2cn(CCOc3ccc(OC)cc3)c3ccccc23)SC1=Nc1ccccc1. The van der Waals surface area contributed by atoms with Crippen LogP contribution >= 0.6 is 11.8 Å². The van der Waals surface area contributed by atoms with Gasteiger partial charge in [0.2, 0.25) is 0 Å². The lowest BCUT2D eigenvalue weighted by molar-refractivity contribution is -0.138. The van der Waals surface area contributed by atoms with E-state index in [1.54, 1.807) is 14.0 Å². The molecule has 3 aromatic carbocycles. The first-order valence-corrected chi connectivity index (χ1v) is 13.4. The Morgan fingerprint density at radius 1 is 1.00 bits per heavy atom. The lowest BCUT2D eigenvalue weighted by Gasteiger charge is -2.09. The van der Waals surface area contributed by atoms with E-state index in [2.05, 4.69) is 15.6 Å². The van der Waals surface area contributed by atoms with Crippen molar-refractivity contribution in [3.63, 3.8) is 0 Å². The minimum atomic E-state index is -0.598. The highest BCUT2D eigenvalue weighted by Crippen LogP contribution is 2.41. The maximum Gasteiger partial charge on any atom is 0.344 e. The van der Waals surface area contributed by atoms with Crippen molar-refractivity contribution in [3.8, 4) is 11.5 Å². The maximum absolute atomic E-state index is 12.8. The monoisotopic (exact) mass is 540 g/mol. The Kier molecular flexibility index (Phi) is 8.03. The van der Waals surface area contributed by atoms with Crippen LogP contribution in [0.4, 0.5) is 5.69 Å². The number of fused-ring (bicyclic) bond motifs is 1. The fourth-order valence-corrected chi connectivity index (χ4v) is 5.29. The van der Waals surface area contributed by atoms with Crippen molar-refractivity contribution in [1.29, 1.82) is 0 Å². The number of carbonyl (C=O) groups excluding carboxylic acids is 1. The topological polar surface area (TPSA) is 82.3 Å². The first-order chi connectivity index (χ1) is 19.1. The van der Waals surface area contributed by atoms with Gasteiger partial charge < -0.3 is 23.9 Å². The number of carbonyl (C=O) groups is 1. The molecule has 1 aliphatic rings. The molecule has 2 heterocycles. The number of benzene rings is 3. The van der Waals surface area contributed by atoms with Gasteiger partial charge in [0, 0.05) is 22.7 Å². The van der Waals surface area contributed by atoms with Crippen molar-refractivity contribution in [1.82, 2.24) is 4.57 Å². The van der Waals surface area contributed by atoms with Gasteiger partial charge in [-0.3, -0.25) is 0 Å². The molecule has 39 heavy (non-hydrogen) atoms. The number of para-hydroxylation sites is 2. The van der Waals surface area contributed by atoms with E-state index in [1.165, 1.54) is 11.8 Å². The molecule has 0 fully saturated rings. The minimum Gasteiger partial charge on any atom is -0.506 e. The number of methoxy groups -OCH3 is 1. The van der Waals surface area contributed by atoms with Crippen LogP contribution in [0.15, 0.2) is 106 Å². The molecule has 4 aromatic rings. The van der Waals surface area contributed by atoms with Gasteiger partial charge in [-0.25, -0.2) is 9.79 Å². The second kappa shape index (κ2) is 12.0. The van der Waals surface area contributed by atoms with E-state index in [0.717, 1.165) is 28.0 Å². The highest BCUT2D eigenvalue weighted by Gasteiger charge is 2.33. The third-order valence-corrected chi connectivity index (χ3v) is 7.14. The first-order valence-electron chi connectivity index (χ1n) is 12.6. The van der Waals surface area contributed by atoms with Crippen LogP contribution in [-0.4, -0.2) is 41.0 Å². The van der Waals surface area contributed by atoms with E-state index in [-0.39, 0.29) is 17.9 Å². The molecule has 0 aliphatic carbocycles. The van der Waals surface area contributed by atoms with Gasteiger partial charge in [-0.2, -0.15) is 0 Å². The van der Waals surface area contributed by atoms with Crippen LogP contribution in [0.1, 0.15) is 12.5 Å². The fourth-order valence-electron chi connectivity index (χ4n) is 4.26. The van der Waals surface area contributed by atoms with Crippen molar-refractivity contribution >= 4 is 45.4 Å². The number of thioether (sulfide) groups is 1. The third-order valence-electron chi connectivity index (χ3n) is 6.12. The van der Waals surface area contributed by atoms with E-state index in [1.807, 2.05) is 85.1 Å². The number of aliphatic hydroxyl groups excluding tert-OH is 1. The molecule has 8 heteroatoms. The molecule has 0 atom stereocenters. The van der Waals surface area contributed by atoms with E-state index >= 15 is 0 Å². The number of esters is 1. The lowest BCUT2D eigenvalue weighted by Crippen LogP contribution is -2.12. The summed E-state index contributed by atoms with van der Waals surface area (Å²) in [5.74, 6) is 0.817. The number of hydrogen-bond acceptors (Lipinski definition) is 7. The second-order valence-electron chi connectivity index (χ2n) is 8.63. The van der Waals surface area contributed by atoms with Crippen molar-refractivity contribution in [2.45, 2.75) is 13.5 Å². The summed E-state index contributed by atoms with van der Waals surface area (Å²) in [6, 6.07) is 24.9. The summed E-state index contributed by atoms with van der Waals surface area (Å²) >= 11 is 1.25. The molecule has 0 spiro atoms. The Labute approximate surface area is 231 Å². The molecular formula is C31H28N2O5S. The Bertz CT molecular complexity index is 1570. The molecule has 0 amide bonds. The normalized spacial score (nSPS) is 15.3. The number of ether oxygens (including phenoxy) is 3. The van der Waals surface area contributed by atoms with Gasteiger partial charge in [0.25, 0.3) is 0 Å². The smallest absolute Gasteiger partial charge is 0.344 e. The molecule has 0 unspecified atom stereocenters. The largest absolute Gasteiger partial charge is 0.506 e. The van der Waals surface area contributed by atoms with Gasteiger partial charge in [-0.05, 0) is 55.5 Å². The van der Waals surface area contributed by atoms with Crippen molar-refractivity contribution < 1.29 is 24.1 Å². The molecule has 7 nitrogen and oxygen atoms in total. The summed E-state index contributed by atoms with van der Waals surface area (Å²) in [5.41, 5.74) is 2.71. The number of rotatable bonds is 9. The lowest BCUT2D eigenvalue weighted by atomic mass is 10.1. The van der Waals surface area contributed by atoms with E-state index in [0.29, 0.717) is 28.8 Å². The molecule has 1 N–H and O–H groups in total. The molecule has 0 bridgehead atoms. The number of aliphatic imine (C=N–C) groups is 1. The Morgan fingerprint density at radius 3 is 2.46 bits per heavy atom. The average molecular weight is 541 g/mol. The second-order valence-corrected chi connectivity index (χ2v) is 9.66. The van der Waals surface area contributed by atoms with Crippen LogP contribution in [0.5, 0.6) is 11.5 Å². The Morgan fingerprint density at radius 2 is 1.72 bits per heavy atom. The first kappa shape index (κ1) is 26.2. The van der Waals surface area contributed by atoms with E-state index in [4.69, 9.17) is 14.2 Å². The molecule has 1 aliphatic heterocycles. The Hall–Kier alpha value is -4.43. The molecular weight excluding hydrogens is 512 g/mol. The molecule has 5 rings (SSSR count). The summed E-state index contributed by atoms with van der Waals surface area (Å²) in [4.78, 5) is 17.9. The average Bonchev–Trinajstić information content (AvgIpc) is 3.46. The number of aromatic nitrogens is 1. The van der Waals surface area contributed by atoms with Crippen molar-refractivity contribution in [2.24, 2.45) is 4.99 Å². The van der Waals surface area contributed by atoms with Crippen LogP contribution in [0.3, 0.4) is 0 Å². The third kappa shape index (κ3) is 5.86. The summed E-state index contributed by atoms with van der Waals surface area (Å²) in [5, 5.41) is 12.5. The highest BCUT2D eigenvalue weighted by molar-refractivity contribution is 8.18. The molecule has 0 saturated heterocycles. The van der Waals surface area contributed by atoms with E-state index in [9.17, 15) is 9.90 Å². The zero-order valence-corrected chi connectivity index (χ0v) is 22.5. The van der Waals surface area contributed by atoms with Crippen LogP contribution in [0.2, 0.25) is 0 Å². The molecule has 1 aromatic heterocycles. The predicted octanol–water partition coefficient (Wildman–Crippen LogP) is 6.92. The van der Waals surface area contributed by atoms with Crippen LogP contribution in [0, 0.1) is 0 Å². The number of aliphatic hydroxyl groups is 1.